The maximum absolute atomic E-state index is 11.7. The van der Waals surface area contributed by atoms with E-state index < -0.39 is 36.3 Å². The Kier molecular flexibility index (Phi) is 3.17. The highest BCUT2D eigenvalue weighted by atomic mass is 16.6. The number of fused-ring (bicyclic) bond motifs is 1. The summed E-state index contributed by atoms with van der Waals surface area (Å²) in [5.41, 5.74) is 4.47. The van der Waals surface area contributed by atoms with Crippen LogP contribution < -0.4 is 11.3 Å². The summed E-state index contributed by atoms with van der Waals surface area (Å²) in [6, 6.07) is 0. The summed E-state index contributed by atoms with van der Waals surface area (Å²) in [6.07, 6.45) is -3.62. The van der Waals surface area contributed by atoms with Crippen molar-refractivity contribution in [3.8, 4) is 0 Å². The van der Waals surface area contributed by atoms with Gasteiger partial charge in [-0.3, -0.25) is 14.3 Å². The molecule has 2 aromatic rings. The van der Waals surface area contributed by atoms with Crippen LogP contribution in [-0.2, 0) is 10.6 Å². The van der Waals surface area contributed by atoms with E-state index in [9.17, 15) is 19.9 Å². The van der Waals surface area contributed by atoms with Crippen LogP contribution in [0.15, 0.2) is 16.3 Å². The fourth-order valence-electron chi connectivity index (χ4n) is 2.41. The van der Waals surface area contributed by atoms with Gasteiger partial charge in [-0.05, 0) is 5.18 Å². The summed E-state index contributed by atoms with van der Waals surface area (Å²) >= 11 is 0. The quantitative estimate of drug-likeness (QED) is 0.372. The first-order valence-corrected chi connectivity index (χ1v) is 6.17. The number of hydrogen-bond acceptors (Lipinski definition) is 10. The topological polar surface area (TPSA) is 189 Å². The lowest BCUT2D eigenvalue weighted by Gasteiger charge is -2.25. The van der Waals surface area contributed by atoms with Crippen molar-refractivity contribution in [3.05, 3.63) is 21.6 Å². The number of aliphatic hydroxyl groups excluding tert-OH is 3. The van der Waals surface area contributed by atoms with Crippen LogP contribution in [0.1, 0.15) is 0 Å². The second-order valence-electron chi connectivity index (χ2n) is 4.76. The van der Waals surface area contributed by atoms with Crippen LogP contribution in [0.25, 0.3) is 11.2 Å². The first-order chi connectivity index (χ1) is 10.4. The van der Waals surface area contributed by atoms with Crippen LogP contribution in [0.4, 0.5) is 5.95 Å². The summed E-state index contributed by atoms with van der Waals surface area (Å²) in [6.45, 7) is -0.654. The molecule has 0 unspecified atom stereocenters. The zero-order valence-electron chi connectivity index (χ0n) is 10.9. The Balaban J connectivity index is 2.25. The smallest absolute Gasteiger partial charge is 0.314 e. The molecule has 0 saturated carbocycles. The highest BCUT2D eigenvalue weighted by molar-refractivity contribution is 5.70. The maximum Gasteiger partial charge on any atom is 0.314 e. The number of nitroso groups, excluding NO2 is 1. The molecule has 3 heterocycles. The van der Waals surface area contributed by atoms with E-state index >= 15 is 0 Å². The van der Waals surface area contributed by atoms with Gasteiger partial charge in [-0.25, -0.2) is 4.98 Å². The van der Waals surface area contributed by atoms with Crippen molar-refractivity contribution in [3.63, 3.8) is 0 Å². The highest BCUT2D eigenvalue weighted by Crippen LogP contribution is 2.38. The Hall–Kier alpha value is -2.41. The van der Waals surface area contributed by atoms with Crippen molar-refractivity contribution >= 4 is 17.1 Å². The molecule has 0 amide bonds. The van der Waals surface area contributed by atoms with E-state index in [1.54, 1.807) is 0 Å². The number of aromatic amines is 1. The normalized spacial score (nSPS) is 31.7. The number of hydrogen-bond donors (Lipinski definition) is 5. The van der Waals surface area contributed by atoms with Gasteiger partial charge in [-0.2, -0.15) is 4.98 Å². The lowest BCUT2D eigenvalue weighted by atomic mass is 10.1. The minimum atomic E-state index is -2.32. The van der Waals surface area contributed by atoms with E-state index in [4.69, 9.17) is 15.6 Å². The van der Waals surface area contributed by atoms with Crippen molar-refractivity contribution in [2.45, 2.75) is 24.2 Å². The zero-order chi connectivity index (χ0) is 16.1. The molecule has 0 radical (unpaired) electrons. The Morgan fingerprint density at radius 2 is 2.27 bits per heavy atom. The third-order valence-corrected chi connectivity index (χ3v) is 3.50. The van der Waals surface area contributed by atoms with Crippen LogP contribution in [-0.4, -0.2) is 59.8 Å². The van der Waals surface area contributed by atoms with Crippen LogP contribution in [0.2, 0.25) is 0 Å². The second-order valence-corrected chi connectivity index (χ2v) is 4.76. The largest absolute Gasteiger partial charge is 0.394 e. The molecule has 2 aromatic heterocycles. The molecule has 0 bridgehead atoms. The number of nitrogen functional groups attached to an aromatic ring is 1. The van der Waals surface area contributed by atoms with E-state index in [0.29, 0.717) is 0 Å². The summed E-state index contributed by atoms with van der Waals surface area (Å²) in [5, 5.41) is 31.8. The first kappa shape index (κ1) is 14.5. The number of imidazole rings is 1. The Bertz CT molecular complexity index is 788. The fourth-order valence-corrected chi connectivity index (χ4v) is 2.41. The molecule has 4 atom stereocenters. The van der Waals surface area contributed by atoms with Gasteiger partial charge in [0.1, 0.15) is 18.5 Å². The molecule has 0 aliphatic carbocycles. The van der Waals surface area contributed by atoms with Gasteiger partial charge in [0.2, 0.25) is 5.95 Å². The lowest BCUT2D eigenvalue weighted by molar-refractivity contribution is -0.140. The Labute approximate surface area is 121 Å². The minimum Gasteiger partial charge on any atom is -0.394 e. The van der Waals surface area contributed by atoms with Gasteiger partial charge in [-0.15, -0.1) is 4.91 Å². The van der Waals surface area contributed by atoms with Crippen molar-refractivity contribution < 1.29 is 20.1 Å². The van der Waals surface area contributed by atoms with Crippen LogP contribution >= 0.6 is 0 Å². The SMILES string of the molecule is Nc1nc2c(ncn2[C@]2(N=O)O[C@H](CO)[C@@H](O)[C@H]2O)c(=O)[nH]1. The number of aromatic nitrogens is 4. The standard InChI is InChI=1S/C10H12N6O6/c11-9-13-7-4(8(20)14-9)12-2-16(7)10(15-21)6(19)5(18)3(1-17)22-10/h2-3,5-6,17-19H,1H2,(H3,11,13,14,20)/t3-,5-,6-,10+/m1/s1. The van der Waals surface area contributed by atoms with Gasteiger partial charge in [0.05, 0.1) is 6.61 Å². The predicted molar refractivity (Wildman–Crippen MR) is 70.3 cm³/mol. The molecule has 1 saturated heterocycles. The summed E-state index contributed by atoms with van der Waals surface area (Å²) in [7, 11) is 0. The van der Waals surface area contributed by atoms with E-state index in [2.05, 4.69) is 20.1 Å². The van der Waals surface area contributed by atoms with Crippen molar-refractivity contribution in [2.24, 2.45) is 5.18 Å². The molecule has 1 aliphatic heterocycles. The zero-order valence-corrected chi connectivity index (χ0v) is 10.9. The molecule has 118 valence electrons. The van der Waals surface area contributed by atoms with Gasteiger partial charge < -0.3 is 25.8 Å². The molecule has 1 fully saturated rings. The van der Waals surface area contributed by atoms with E-state index in [1.807, 2.05) is 0 Å². The molecular weight excluding hydrogens is 300 g/mol. The van der Waals surface area contributed by atoms with E-state index in [-0.39, 0.29) is 17.1 Å². The second kappa shape index (κ2) is 4.81. The number of rotatable bonds is 3. The number of nitrogens with one attached hydrogen (secondary N) is 1. The lowest BCUT2D eigenvalue weighted by Crippen LogP contribution is -2.43. The van der Waals surface area contributed by atoms with E-state index in [1.165, 1.54) is 0 Å². The third-order valence-electron chi connectivity index (χ3n) is 3.50. The monoisotopic (exact) mass is 312 g/mol. The van der Waals surface area contributed by atoms with Crippen molar-refractivity contribution in [2.75, 3.05) is 12.3 Å². The van der Waals surface area contributed by atoms with Gasteiger partial charge in [-0.1, -0.05) is 0 Å². The van der Waals surface area contributed by atoms with Crippen LogP contribution in [0, 0.1) is 4.91 Å². The minimum absolute atomic E-state index is 0.157. The molecule has 1 aliphatic rings. The van der Waals surface area contributed by atoms with E-state index in [0.717, 1.165) is 10.9 Å². The van der Waals surface area contributed by atoms with Gasteiger partial charge in [0, 0.05) is 0 Å². The number of H-pyrrole nitrogens is 1. The van der Waals surface area contributed by atoms with Gasteiger partial charge in [0.25, 0.3) is 5.56 Å². The number of nitrogens with zero attached hydrogens (tertiary/aromatic N) is 4. The highest BCUT2D eigenvalue weighted by Gasteiger charge is 2.58. The van der Waals surface area contributed by atoms with Gasteiger partial charge in [0.15, 0.2) is 17.3 Å². The number of anilines is 1. The molecule has 3 rings (SSSR count). The molecule has 22 heavy (non-hydrogen) atoms. The third kappa shape index (κ3) is 1.75. The number of ether oxygens (including phenoxy) is 1. The van der Waals surface area contributed by atoms with Crippen LogP contribution in [0.3, 0.4) is 0 Å². The van der Waals surface area contributed by atoms with Crippen molar-refractivity contribution in [1.82, 2.24) is 19.5 Å². The van der Waals surface area contributed by atoms with Crippen LogP contribution in [0.5, 0.6) is 0 Å². The Morgan fingerprint density at radius 1 is 1.55 bits per heavy atom. The number of nitrogens with two attached hydrogens (primary N) is 1. The maximum atomic E-state index is 11.7. The van der Waals surface area contributed by atoms with Gasteiger partial charge >= 0.3 is 5.85 Å². The molecular formula is C10H12N6O6. The average Bonchev–Trinajstić information content (AvgIpc) is 3.01. The molecule has 12 nitrogen and oxygen atoms in total. The summed E-state index contributed by atoms with van der Waals surface area (Å²) in [5.74, 6) is -2.57. The fraction of sp³-hybridized carbons (Fsp3) is 0.500. The molecule has 6 N–H and O–H groups in total. The summed E-state index contributed by atoms with van der Waals surface area (Å²) < 4.78 is 6.10. The Morgan fingerprint density at radius 3 is 2.86 bits per heavy atom. The molecule has 12 heteroatoms. The first-order valence-electron chi connectivity index (χ1n) is 6.17. The van der Waals surface area contributed by atoms with Crippen molar-refractivity contribution in [1.29, 1.82) is 0 Å². The molecule has 0 spiro atoms. The molecule has 0 aromatic carbocycles. The summed E-state index contributed by atoms with van der Waals surface area (Å²) in [4.78, 5) is 32.9. The number of aliphatic hydroxyl groups is 3. The average molecular weight is 312 g/mol. The predicted octanol–water partition coefficient (Wildman–Crippen LogP) is -2.81.